The summed E-state index contributed by atoms with van der Waals surface area (Å²) in [6.45, 7) is 2.21. The molecule has 0 unspecified atom stereocenters. The lowest BCUT2D eigenvalue weighted by Gasteiger charge is -2.08. The van der Waals surface area contributed by atoms with E-state index in [0.29, 0.717) is 5.69 Å². The Hall–Kier alpha value is -3.02. The molecule has 0 atom stereocenters. The molecule has 0 radical (unpaired) electrons. The number of hydrogen-bond donors (Lipinski definition) is 3. The van der Waals surface area contributed by atoms with Crippen LogP contribution in [0, 0.1) is 0 Å². The summed E-state index contributed by atoms with van der Waals surface area (Å²) in [7, 11) is 0. The van der Waals surface area contributed by atoms with Crippen molar-refractivity contribution in [3.63, 3.8) is 0 Å². The van der Waals surface area contributed by atoms with Gasteiger partial charge in [-0.1, -0.05) is 51.2 Å². The predicted molar refractivity (Wildman–Crippen MR) is 108 cm³/mol. The van der Waals surface area contributed by atoms with Crippen LogP contribution in [0.2, 0.25) is 0 Å². The molecule has 0 heterocycles. The topological polar surface area (TPSA) is 95.9 Å². The average molecular weight is 385 g/mol. The van der Waals surface area contributed by atoms with Crippen LogP contribution >= 0.6 is 0 Å². The Labute approximate surface area is 165 Å². The van der Waals surface area contributed by atoms with Crippen LogP contribution in [-0.2, 0) is 11.2 Å². The van der Waals surface area contributed by atoms with Gasteiger partial charge in [0.1, 0.15) is 17.1 Å². The summed E-state index contributed by atoms with van der Waals surface area (Å²) in [6.07, 6.45) is 7.49. The Morgan fingerprint density at radius 1 is 0.929 bits per heavy atom. The molecule has 150 valence electrons. The molecule has 0 saturated carbocycles. The van der Waals surface area contributed by atoms with E-state index in [2.05, 4.69) is 17.0 Å². The van der Waals surface area contributed by atoms with Crippen LogP contribution in [0.15, 0.2) is 42.5 Å². The van der Waals surface area contributed by atoms with Crippen LogP contribution in [0.4, 0.5) is 10.5 Å². The number of hydrogen-bond acceptors (Lipinski definition) is 5. The molecule has 1 amide bonds. The zero-order valence-electron chi connectivity index (χ0n) is 16.1. The number of anilines is 1. The molecular formula is C22H27NO5. The SMILES string of the molecule is CCCCCCCCc1ccc(NC(=O)OC(=O)c2cc(O)ccc2O)cc1. The number of unbranched alkanes of at least 4 members (excludes halogenated alkanes) is 5. The van der Waals surface area contributed by atoms with Crippen molar-refractivity contribution in [2.45, 2.75) is 51.9 Å². The molecule has 28 heavy (non-hydrogen) atoms. The van der Waals surface area contributed by atoms with Crippen molar-refractivity contribution in [3.05, 3.63) is 53.6 Å². The zero-order valence-corrected chi connectivity index (χ0v) is 16.1. The highest BCUT2D eigenvalue weighted by molar-refractivity contribution is 6.01. The maximum absolute atomic E-state index is 11.9. The van der Waals surface area contributed by atoms with Crippen LogP contribution in [0.1, 0.15) is 61.4 Å². The average Bonchev–Trinajstić information content (AvgIpc) is 2.67. The van der Waals surface area contributed by atoms with Crippen molar-refractivity contribution in [2.75, 3.05) is 5.32 Å². The van der Waals surface area contributed by atoms with Crippen molar-refractivity contribution in [1.29, 1.82) is 0 Å². The highest BCUT2D eigenvalue weighted by atomic mass is 16.6. The van der Waals surface area contributed by atoms with E-state index in [9.17, 15) is 19.8 Å². The number of carbonyl (C=O) groups excluding carboxylic acids is 2. The Kier molecular flexibility index (Phi) is 8.34. The van der Waals surface area contributed by atoms with E-state index in [1.165, 1.54) is 43.7 Å². The Morgan fingerprint density at radius 2 is 1.61 bits per heavy atom. The van der Waals surface area contributed by atoms with Gasteiger partial charge in [0.2, 0.25) is 0 Å². The quantitative estimate of drug-likeness (QED) is 0.233. The molecule has 6 nitrogen and oxygen atoms in total. The molecular weight excluding hydrogens is 358 g/mol. The van der Waals surface area contributed by atoms with Gasteiger partial charge in [-0.2, -0.15) is 0 Å². The molecule has 2 rings (SSSR count). The molecule has 0 aromatic heterocycles. The summed E-state index contributed by atoms with van der Waals surface area (Å²) in [5.74, 6) is -1.65. The highest BCUT2D eigenvalue weighted by Gasteiger charge is 2.17. The first kappa shape index (κ1) is 21.3. The van der Waals surface area contributed by atoms with Crippen molar-refractivity contribution < 1.29 is 24.5 Å². The molecule has 0 aliphatic rings. The van der Waals surface area contributed by atoms with Gasteiger partial charge in [0.25, 0.3) is 0 Å². The third-order valence-electron chi connectivity index (χ3n) is 4.40. The van der Waals surface area contributed by atoms with E-state index in [-0.39, 0.29) is 17.1 Å². The molecule has 0 spiro atoms. The normalized spacial score (nSPS) is 10.5. The second kappa shape index (κ2) is 11.0. The number of benzene rings is 2. The number of aryl methyl sites for hydroxylation is 1. The summed E-state index contributed by atoms with van der Waals surface area (Å²) in [5.41, 5.74) is 1.41. The number of phenolic OH excluding ortho intramolecular Hbond substituents is 2. The van der Waals surface area contributed by atoms with E-state index >= 15 is 0 Å². The molecule has 2 aromatic rings. The molecule has 0 fully saturated rings. The number of esters is 1. The van der Waals surface area contributed by atoms with Gasteiger partial charge in [0.05, 0.1) is 0 Å². The molecule has 0 bridgehead atoms. The Morgan fingerprint density at radius 3 is 2.32 bits per heavy atom. The van der Waals surface area contributed by atoms with Crippen molar-refractivity contribution >= 4 is 17.7 Å². The maximum Gasteiger partial charge on any atom is 0.419 e. The number of amides is 1. The fraction of sp³-hybridized carbons (Fsp3) is 0.364. The van der Waals surface area contributed by atoms with Gasteiger partial charge in [-0.25, -0.2) is 9.59 Å². The van der Waals surface area contributed by atoms with Crippen molar-refractivity contribution in [1.82, 2.24) is 0 Å². The van der Waals surface area contributed by atoms with E-state index in [1.54, 1.807) is 12.1 Å². The van der Waals surface area contributed by atoms with Crippen molar-refractivity contribution in [3.8, 4) is 11.5 Å². The van der Waals surface area contributed by atoms with Gasteiger partial charge in [0, 0.05) is 5.69 Å². The minimum Gasteiger partial charge on any atom is -0.508 e. The molecule has 2 aromatic carbocycles. The lowest BCUT2D eigenvalue weighted by Crippen LogP contribution is -2.18. The highest BCUT2D eigenvalue weighted by Crippen LogP contribution is 2.23. The summed E-state index contributed by atoms with van der Waals surface area (Å²) in [4.78, 5) is 23.8. The number of ether oxygens (including phenoxy) is 1. The van der Waals surface area contributed by atoms with Crippen LogP contribution in [0.5, 0.6) is 11.5 Å². The van der Waals surface area contributed by atoms with Crippen molar-refractivity contribution in [2.24, 2.45) is 0 Å². The van der Waals surface area contributed by atoms with E-state index in [4.69, 9.17) is 0 Å². The van der Waals surface area contributed by atoms with Crippen LogP contribution in [0.3, 0.4) is 0 Å². The standard InChI is InChI=1S/C22H27NO5/c1-2-3-4-5-6-7-8-16-9-11-17(12-10-16)23-22(27)28-21(26)19-15-18(24)13-14-20(19)25/h9-15,24-25H,2-8H2,1H3,(H,23,27). The number of nitrogens with one attached hydrogen (secondary N) is 1. The zero-order chi connectivity index (χ0) is 20.4. The second-order valence-electron chi connectivity index (χ2n) is 6.72. The van der Waals surface area contributed by atoms with Gasteiger partial charge in [0.15, 0.2) is 0 Å². The fourth-order valence-corrected chi connectivity index (χ4v) is 2.83. The maximum atomic E-state index is 11.9. The summed E-state index contributed by atoms with van der Waals surface area (Å²) >= 11 is 0. The lowest BCUT2D eigenvalue weighted by molar-refractivity contribution is 0.0642. The first-order valence-electron chi connectivity index (χ1n) is 9.63. The smallest absolute Gasteiger partial charge is 0.419 e. The summed E-state index contributed by atoms with van der Waals surface area (Å²) in [5, 5.41) is 21.5. The van der Waals surface area contributed by atoms with Crippen LogP contribution in [0.25, 0.3) is 0 Å². The predicted octanol–water partition coefficient (Wildman–Crippen LogP) is 5.39. The number of rotatable bonds is 9. The fourth-order valence-electron chi connectivity index (χ4n) is 2.83. The van der Waals surface area contributed by atoms with E-state index < -0.39 is 12.1 Å². The number of carbonyl (C=O) groups is 2. The van der Waals surface area contributed by atoms with Gasteiger partial charge in [-0.15, -0.1) is 0 Å². The number of phenols is 2. The van der Waals surface area contributed by atoms with Gasteiger partial charge in [-0.3, -0.25) is 5.32 Å². The first-order chi connectivity index (χ1) is 13.5. The van der Waals surface area contributed by atoms with Gasteiger partial charge >= 0.3 is 12.1 Å². The minimum absolute atomic E-state index is 0.217. The Balaban J connectivity index is 1.79. The minimum atomic E-state index is -1.05. The van der Waals surface area contributed by atoms with Crippen LogP contribution in [-0.4, -0.2) is 22.3 Å². The summed E-state index contributed by atoms with van der Waals surface area (Å²) < 4.78 is 4.66. The Bertz CT molecular complexity index is 786. The molecule has 6 heteroatoms. The molecule has 0 saturated heterocycles. The molecule has 3 N–H and O–H groups in total. The van der Waals surface area contributed by atoms with E-state index in [1.807, 2.05) is 12.1 Å². The summed E-state index contributed by atoms with van der Waals surface area (Å²) in [6, 6.07) is 10.8. The lowest BCUT2D eigenvalue weighted by atomic mass is 10.0. The number of aromatic hydroxyl groups is 2. The third-order valence-corrected chi connectivity index (χ3v) is 4.40. The monoisotopic (exact) mass is 385 g/mol. The van der Waals surface area contributed by atoms with Crippen LogP contribution < -0.4 is 5.32 Å². The van der Waals surface area contributed by atoms with Gasteiger partial charge in [-0.05, 0) is 48.7 Å². The first-order valence-corrected chi connectivity index (χ1v) is 9.63. The molecule has 0 aliphatic carbocycles. The second-order valence-corrected chi connectivity index (χ2v) is 6.72. The molecule has 0 aliphatic heterocycles. The largest absolute Gasteiger partial charge is 0.508 e. The van der Waals surface area contributed by atoms with Gasteiger partial charge < -0.3 is 14.9 Å². The van der Waals surface area contributed by atoms with E-state index in [0.717, 1.165) is 25.0 Å². The third kappa shape index (κ3) is 6.95.